The van der Waals surface area contributed by atoms with Gasteiger partial charge in [-0.2, -0.15) is 0 Å². The fourth-order valence-corrected chi connectivity index (χ4v) is 4.37. The average Bonchev–Trinajstić information content (AvgIpc) is 3.22. The number of amides is 1. The van der Waals surface area contributed by atoms with E-state index in [9.17, 15) is 4.79 Å². The zero-order valence-corrected chi connectivity index (χ0v) is 34.1. The van der Waals surface area contributed by atoms with Crippen LogP contribution in [0.4, 0.5) is 4.79 Å². The van der Waals surface area contributed by atoms with Crippen molar-refractivity contribution in [2.45, 2.75) is 39.2 Å². The highest BCUT2D eigenvalue weighted by Gasteiger charge is 2.02. The minimum Gasteiger partial charge on any atom is -0.445 e. The summed E-state index contributed by atoms with van der Waals surface area (Å²) in [5.41, 5.74) is 0.937. The number of ether oxygens (including phenoxy) is 14. The van der Waals surface area contributed by atoms with E-state index >= 15 is 0 Å². The second-order valence-electron chi connectivity index (χ2n) is 12.0. The van der Waals surface area contributed by atoms with Crippen molar-refractivity contribution in [3.63, 3.8) is 0 Å². The van der Waals surface area contributed by atoms with E-state index in [1.807, 2.05) is 30.3 Å². The molecule has 1 rings (SSSR count). The summed E-state index contributed by atoms with van der Waals surface area (Å²) in [6.45, 7) is 16.2. The molecule has 1 N–H and O–H groups in total. The van der Waals surface area contributed by atoms with Crippen molar-refractivity contribution in [2.24, 2.45) is 0 Å². The highest BCUT2D eigenvalue weighted by atomic mass is 16.6. The molecule has 16 nitrogen and oxygen atoms in total. The van der Waals surface area contributed by atoms with Crippen LogP contribution in [0.1, 0.15) is 38.2 Å². The van der Waals surface area contributed by atoms with E-state index in [1.54, 1.807) is 0 Å². The van der Waals surface area contributed by atoms with Crippen LogP contribution in [-0.2, 0) is 72.9 Å². The van der Waals surface area contributed by atoms with Crippen molar-refractivity contribution in [1.82, 2.24) is 5.32 Å². The SMILES string of the molecule is CCCCCCOCCOCCOCCOCCOCCOCCOCCOCCOCCOCCOCCOCCOCCNC(=O)OCc1ccccc1. The first-order chi connectivity index (χ1) is 27.8. The van der Waals surface area contributed by atoms with Crippen molar-refractivity contribution in [2.75, 3.05) is 178 Å². The number of nitrogens with one attached hydrogen (secondary N) is 1. The van der Waals surface area contributed by atoms with Gasteiger partial charge in [0.1, 0.15) is 6.61 Å². The Labute approximate surface area is 335 Å². The molecular weight excluding hydrogens is 734 g/mol. The average molecular weight is 808 g/mol. The van der Waals surface area contributed by atoms with E-state index in [0.717, 1.165) is 18.6 Å². The van der Waals surface area contributed by atoms with Crippen LogP contribution < -0.4 is 5.32 Å². The maximum absolute atomic E-state index is 11.7. The van der Waals surface area contributed by atoms with Gasteiger partial charge in [0.2, 0.25) is 0 Å². The van der Waals surface area contributed by atoms with E-state index in [1.165, 1.54) is 19.3 Å². The Morgan fingerprint density at radius 2 is 0.696 bits per heavy atom. The van der Waals surface area contributed by atoms with E-state index in [4.69, 9.17) is 66.3 Å². The van der Waals surface area contributed by atoms with Crippen molar-refractivity contribution in [3.8, 4) is 0 Å². The topological polar surface area (TPSA) is 158 Å². The van der Waals surface area contributed by atoms with Crippen LogP contribution in [0.15, 0.2) is 30.3 Å². The molecule has 0 bridgehead atoms. The van der Waals surface area contributed by atoms with Crippen molar-refractivity contribution < 1.29 is 71.1 Å². The molecule has 0 heterocycles. The van der Waals surface area contributed by atoms with Gasteiger partial charge in [-0.25, -0.2) is 4.79 Å². The second kappa shape index (κ2) is 45.7. The first-order valence-electron chi connectivity index (χ1n) is 20.3. The third kappa shape index (κ3) is 41.6. The lowest BCUT2D eigenvalue weighted by molar-refractivity contribution is -0.0290. The van der Waals surface area contributed by atoms with E-state index in [0.29, 0.717) is 172 Å². The molecule has 0 fully saturated rings. The van der Waals surface area contributed by atoms with Crippen LogP contribution in [-0.4, -0.2) is 184 Å². The first-order valence-corrected chi connectivity index (χ1v) is 20.3. The Kier molecular flexibility index (Phi) is 42.4. The second-order valence-corrected chi connectivity index (χ2v) is 12.0. The predicted molar refractivity (Wildman–Crippen MR) is 209 cm³/mol. The Balaban J connectivity index is 1.61. The molecule has 1 amide bonds. The maximum atomic E-state index is 11.7. The summed E-state index contributed by atoms with van der Waals surface area (Å²) >= 11 is 0. The smallest absolute Gasteiger partial charge is 0.407 e. The fraction of sp³-hybridized carbons (Fsp3) is 0.825. The van der Waals surface area contributed by atoms with Gasteiger partial charge in [-0.05, 0) is 12.0 Å². The van der Waals surface area contributed by atoms with Crippen LogP contribution >= 0.6 is 0 Å². The lowest BCUT2D eigenvalue weighted by atomic mass is 10.2. The van der Waals surface area contributed by atoms with Crippen molar-refractivity contribution in [3.05, 3.63) is 35.9 Å². The molecule has 0 spiro atoms. The van der Waals surface area contributed by atoms with Crippen LogP contribution in [0.2, 0.25) is 0 Å². The minimum atomic E-state index is -0.470. The van der Waals surface area contributed by atoms with Crippen LogP contribution in [0.25, 0.3) is 0 Å². The Morgan fingerprint density at radius 1 is 0.393 bits per heavy atom. The van der Waals surface area contributed by atoms with Gasteiger partial charge in [0.15, 0.2) is 0 Å². The summed E-state index contributed by atoms with van der Waals surface area (Å²) in [5.74, 6) is 0. The summed E-state index contributed by atoms with van der Waals surface area (Å²) in [5, 5.41) is 2.64. The summed E-state index contributed by atoms with van der Waals surface area (Å²) < 4.78 is 76.5. The molecule has 0 radical (unpaired) electrons. The number of alkyl carbamates (subject to hydrolysis) is 1. The maximum Gasteiger partial charge on any atom is 0.407 e. The van der Waals surface area contributed by atoms with E-state index < -0.39 is 6.09 Å². The molecule has 0 saturated carbocycles. The van der Waals surface area contributed by atoms with Gasteiger partial charge in [0.25, 0.3) is 0 Å². The largest absolute Gasteiger partial charge is 0.445 e. The molecule has 0 atom stereocenters. The Morgan fingerprint density at radius 3 is 1.02 bits per heavy atom. The summed E-state index contributed by atoms with van der Waals surface area (Å²) in [6.07, 6.45) is 4.41. The zero-order chi connectivity index (χ0) is 39.9. The number of hydrogen-bond acceptors (Lipinski definition) is 15. The monoisotopic (exact) mass is 807 g/mol. The van der Waals surface area contributed by atoms with Gasteiger partial charge in [-0.3, -0.25) is 0 Å². The first kappa shape index (κ1) is 52.0. The van der Waals surface area contributed by atoms with Crippen LogP contribution in [0.5, 0.6) is 0 Å². The van der Waals surface area contributed by atoms with E-state index in [-0.39, 0.29) is 6.61 Å². The lowest BCUT2D eigenvalue weighted by Crippen LogP contribution is -2.28. The molecule has 0 aliphatic rings. The van der Waals surface area contributed by atoms with Crippen molar-refractivity contribution in [1.29, 1.82) is 0 Å². The fourth-order valence-electron chi connectivity index (χ4n) is 4.37. The van der Waals surface area contributed by atoms with Gasteiger partial charge in [-0.15, -0.1) is 0 Å². The third-order valence-electron chi connectivity index (χ3n) is 7.33. The lowest BCUT2D eigenvalue weighted by Gasteiger charge is -2.09. The molecule has 16 heteroatoms. The molecular formula is C40H73NO15. The summed E-state index contributed by atoms with van der Waals surface area (Å²) in [6, 6.07) is 9.51. The molecule has 1 aromatic rings. The molecule has 0 aliphatic heterocycles. The zero-order valence-electron chi connectivity index (χ0n) is 34.1. The van der Waals surface area contributed by atoms with Crippen molar-refractivity contribution >= 4 is 6.09 Å². The number of unbranched alkanes of at least 4 members (excludes halogenated alkanes) is 3. The molecule has 0 saturated heterocycles. The summed E-state index contributed by atoms with van der Waals surface area (Å²) in [4.78, 5) is 11.7. The molecule has 56 heavy (non-hydrogen) atoms. The number of rotatable bonds is 46. The highest BCUT2D eigenvalue weighted by molar-refractivity contribution is 5.67. The normalized spacial score (nSPS) is 11.4. The third-order valence-corrected chi connectivity index (χ3v) is 7.33. The van der Waals surface area contributed by atoms with Gasteiger partial charge in [0, 0.05) is 13.2 Å². The van der Waals surface area contributed by atoms with Gasteiger partial charge in [0.05, 0.1) is 165 Å². The van der Waals surface area contributed by atoms with Gasteiger partial charge < -0.3 is 71.6 Å². The molecule has 0 unspecified atom stereocenters. The van der Waals surface area contributed by atoms with Gasteiger partial charge in [-0.1, -0.05) is 56.5 Å². The molecule has 1 aromatic carbocycles. The number of carbonyl (C=O) groups excluding carboxylic acids is 1. The Hall–Kier alpha value is -2.03. The quantitative estimate of drug-likeness (QED) is 0.0951. The predicted octanol–water partition coefficient (Wildman–Crippen LogP) is 3.71. The minimum absolute atomic E-state index is 0.236. The molecule has 0 aliphatic carbocycles. The Bertz CT molecular complexity index is 906. The molecule has 0 aromatic heterocycles. The van der Waals surface area contributed by atoms with Crippen LogP contribution in [0.3, 0.4) is 0 Å². The highest BCUT2D eigenvalue weighted by Crippen LogP contribution is 2.00. The van der Waals surface area contributed by atoms with Gasteiger partial charge >= 0.3 is 6.09 Å². The standard InChI is InChI=1S/C40H73NO15/c1-2-3-4-8-12-43-14-16-45-18-20-47-22-24-49-26-28-51-30-32-53-34-36-55-37-35-54-33-31-52-29-27-50-25-23-48-21-19-46-17-15-44-13-11-41-40(42)56-38-39-9-6-5-7-10-39/h5-7,9-10H,2-4,8,11-38H2,1H3,(H,41,42). The van der Waals surface area contributed by atoms with Crippen LogP contribution in [0, 0.1) is 0 Å². The number of hydrogen-bond donors (Lipinski definition) is 1. The van der Waals surface area contributed by atoms with E-state index in [2.05, 4.69) is 12.2 Å². The molecule has 328 valence electrons. The number of benzene rings is 1. The summed E-state index contributed by atoms with van der Waals surface area (Å²) in [7, 11) is 0. The number of carbonyl (C=O) groups is 1.